The van der Waals surface area contributed by atoms with Crippen LogP contribution in [0.4, 0.5) is 13.2 Å². The van der Waals surface area contributed by atoms with E-state index in [-0.39, 0.29) is 11.3 Å². The number of alkyl halides is 3. The Bertz CT molecular complexity index is 480. The maximum Gasteiger partial charge on any atom is 0.417 e. The minimum atomic E-state index is -4.38. The molecule has 1 aromatic heterocycles. The molecule has 0 bridgehead atoms. The SMILES string of the molecule is FC(F)(F)c1ccccc1-c1cccnn1. The summed E-state index contributed by atoms with van der Waals surface area (Å²) in [7, 11) is 0. The Morgan fingerprint density at radius 1 is 0.938 bits per heavy atom. The highest BCUT2D eigenvalue weighted by Crippen LogP contribution is 2.35. The van der Waals surface area contributed by atoms with Crippen molar-refractivity contribution in [2.24, 2.45) is 0 Å². The van der Waals surface area contributed by atoms with Crippen LogP contribution in [0, 0.1) is 0 Å². The van der Waals surface area contributed by atoms with E-state index in [0.29, 0.717) is 0 Å². The maximum absolute atomic E-state index is 12.7. The van der Waals surface area contributed by atoms with Gasteiger partial charge in [0.15, 0.2) is 0 Å². The molecule has 2 rings (SSSR count). The molecule has 0 saturated carbocycles. The highest BCUT2D eigenvalue weighted by molar-refractivity contribution is 5.63. The van der Waals surface area contributed by atoms with E-state index in [2.05, 4.69) is 10.2 Å². The molecule has 0 N–H and O–H groups in total. The van der Waals surface area contributed by atoms with Gasteiger partial charge in [-0.3, -0.25) is 0 Å². The first-order valence-electron chi connectivity index (χ1n) is 4.53. The Morgan fingerprint density at radius 3 is 2.31 bits per heavy atom. The second-order valence-corrected chi connectivity index (χ2v) is 3.15. The molecule has 0 spiro atoms. The number of aromatic nitrogens is 2. The molecule has 5 heteroatoms. The van der Waals surface area contributed by atoms with Gasteiger partial charge in [0.2, 0.25) is 0 Å². The lowest BCUT2D eigenvalue weighted by atomic mass is 10.0. The first kappa shape index (κ1) is 10.6. The predicted octanol–water partition coefficient (Wildman–Crippen LogP) is 3.16. The van der Waals surface area contributed by atoms with Crippen LogP contribution in [0.3, 0.4) is 0 Å². The lowest BCUT2D eigenvalue weighted by Crippen LogP contribution is -2.07. The van der Waals surface area contributed by atoms with Crippen molar-refractivity contribution in [1.29, 1.82) is 0 Å². The fourth-order valence-corrected chi connectivity index (χ4v) is 1.40. The number of hydrogen-bond donors (Lipinski definition) is 0. The van der Waals surface area contributed by atoms with Crippen LogP contribution in [0.2, 0.25) is 0 Å². The summed E-state index contributed by atoms with van der Waals surface area (Å²) in [5.74, 6) is 0. The van der Waals surface area contributed by atoms with E-state index in [1.54, 1.807) is 12.1 Å². The number of halogens is 3. The monoisotopic (exact) mass is 224 g/mol. The zero-order valence-corrected chi connectivity index (χ0v) is 8.07. The normalized spacial score (nSPS) is 11.4. The number of benzene rings is 1. The van der Waals surface area contributed by atoms with Crippen molar-refractivity contribution in [1.82, 2.24) is 10.2 Å². The van der Waals surface area contributed by atoms with Gasteiger partial charge in [-0.15, -0.1) is 0 Å². The quantitative estimate of drug-likeness (QED) is 0.743. The van der Waals surface area contributed by atoms with Gasteiger partial charge in [0.05, 0.1) is 11.3 Å². The first-order chi connectivity index (χ1) is 7.59. The van der Waals surface area contributed by atoms with E-state index in [0.717, 1.165) is 6.07 Å². The highest BCUT2D eigenvalue weighted by Gasteiger charge is 2.33. The summed E-state index contributed by atoms with van der Waals surface area (Å²) < 4.78 is 38.1. The molecule has 0 aliphatic carbocycles. The number of rotatable bonds is 1. The fourth-order valence-electron chi connectivity index (χ4n) is 1.40. The average Bonchev–Trinajstić information content (AvgIpc) is 2.29. The van der Waals surface area contributed by atoms with Gasteiger partial charge in [-0.2, -0.15) is 23.4 Å². The lowest BCUT2D eigenvalue weighted by Gasteiger charge is -2.11. The van der Waals surface area contributed by atoms with E-state index in [4.69, 9.17) is 0 Å². The lowest BCUT2D eigenvalue weighted by molar-refractivity contribution is -0.137. The molecule has 2 aromatic rings. The molecule has 0 fully saturated rings. The Balaban J connectivity index is 2.58. The molecular weight excluding hydrogens is 217 g/mol. The summed E-state index contributed by atoms with van der Waals surface area (Å²) in [6.07, 6.45) is -2.96. The van der Waals surface area contributed by atoms with Crippen LogP contribution in [0.15, 0.2) is 42.6 Å². The molecule has 16 heavy (non-hydrogen) atoms. The molecule has 2 nitrogen and oxygen atoms in total. The Hall–Kier alpha value is -1.91. The van der Waals surface area contributed by atoms with Crippen LogP contribution in [-0.4, -0.2) is 10.2 Å². The maximum atomic E-state index is 12.7. The molecule has 0 atom stereocenters. The third kappa shape index (κ3) is 2.03. The third-order valence-electron chi connectivity index (χ3n) is 2.08. The van der Waals surface area contributed by atoms with E-state index in [1.165, 1.54) is 24.4 Å². The van der Waals surface area contributed by atoms with Gasteiger partial charge < -0.3 is 0 Å². The van der Waals surface area contributed by atoms with E-state index in [1.807, 2.05) is 0 Å². The van der Waals surface area contributed by atoms with Crippen LogP contribution < -0.4 is 0 Å². The van der Waals surface area contributed by atoms with Crippen LogP contribution in [-0.2, 0) is 6.18 Å². The summed E-state index contributed by atoms with van der Waals surface area (Å²) in [4.78, 5) is 0. The molecule has 0 aliphatic heterocycles. The fraction of sp³-hybridized carbons (Fsp3) is 0.0909. The molecule has 1 aromatic carbocycles. The van der Waals surface area contributed by atoms with Gasteiger partial charge in [0.1, 0.15) is 0 Å². The third-order valence-corrected chi connectivity index (χ3v) is 2.08. The van der Waals surface area contributed by atoms with Gasteiger partial charge in [-0.05, 0) is 18.2 Å². The molecule has 82 valence electrons. The number of nitrogens with zero attached hydrogens (tertiary/aromatic N) is 2. The van der Waals surface area contributed by atoms with Gasteiger partial charge >= 0.3 is 6.18 Å². The van der Waals surface area contributed by atoms with E-state index in [9.17, 15) is 13.2 Å². The van der Waals surface area contributed by atoms with Gasteiger partial charge in [-0.1, -0.05) is 18.2 Å². The molecule has 0 amide bonds. The summed E-state index contributed by atoms with van der Waals surface area (Å²) >= 11 is 0. The zero-order valence-electron chi connectivity index (χ0n) is 8.07. The summed E-state index contributed by atoms with van der Waals surface area (Å²) in [5, 5.41) is 7.24. The van der Waals surface area contributed by atoms with Crippen molar-refractivity contribution in [3.63, 3.8) is 0 Å². The molecule has 1 heterocycles. The molecule has 0 unspecified atom stereocenters. The number of hydrogen-bond acceptors (Lipinski definition) is 2. The summed E-state index contributed by atoms with van der Waals surface area (Å²) in [6.45, 7) is 0. The smallest absolute Gasteiger partial charge is 0.166 e. The minimum Gasteiger partial charge on any atom is -0.166 e. The van der Waals surface area contributed by atoms with Crippen molar-refractivity contribution < 1.29 is 13.2 Å². The molecule has 0 radical (unpaired) electrons. The van der Waals surface area contributed by atoms with Crippen molar-refractivity contribution >= 4 is 0 Å². The van der Waals surface area contributed by atoms with Gasteiger partial charge in [0.25, 0.3) is 0 Å². The van der Waals surface area contributed by atoms with Crippen LogP contribution in [0.5, 0.6) is 0 Å². The second-order valence-electron chi connectivity index (χ2n) is 3.15. The summed E-state index contributed by atoms with van der Waals surface area (Å²) in [5.41, 5.74) is -0.436. The Labute approximate surface area is 89.8 Å². The van der Waals surface area contributed by atoms with Gasteiger partial charge in [-0.25, -0.2) is 0 Å². The topological polar surface area (TPSA) is 25.8 Å². The molecule has 0 aliphatic rings. The van der Waals surface area contributed by atoms with Crippen molar-refractivity contribution in [3.8, 4) is 11.3 Å². The summed E-state index contributed by atoms with van der Waals surface area (Å²) in [6, 6.07) is 8.35. The first-order valence-corrected chi connectivity index (χ1v) is 4.53. The van der Waals surface area contributed by atoms with E-state index >= 15 is 0 Å². The van der Waals surface area contributed by atoms with Crippen LogP contribution >= 0.6 is 0 Å². The van der Waals surface area contributed by atoms with Crippen LogP contribution in [0.25, 0.3) is 11.3 Å². The predicted molar refractivity (Wildman–Crippen MR) is 52.5 cm³/mol. The van der Waals surface area contributed by atoms with Gasteiger partial charge in [0, 0.05) is 11.8 Å². The van der Waals surface area contributed by atoms with Crippen molar-refractivity contribution in [2.75, 3.05) is 0 Å². The Kier molecular flexibility index (Phi) is 2.60. The Morgan fingerprint density at radius 2 is 1.69 bits per heavy atom. The average molecular weight is 224 g/mol. The van der Waals surface area contributed by atoms with E-state index < -0.39 is 11.7 Å². The zero-order chi connectivity index (χ0) is 11.6. The molecular formula is C11H7F3N2. The standard InChI is InChI=1S/C11H7F3N2/c12-11(13,14)9-5-2-1-4-8(9)10-6-3-7-15-16-10/h1-7H. The largest absolute Gasteiger partial charge is 0.417 e. The van der Waals surface area contributed by atoms with Crippen LogP contribution in [0.1, 0.15) is 5.56 Å². The minimum absolute atomic E-state index is 0.0445. The molecule has 0 saturated heterocycles. The second kappa shape index (κ2) is 3.92. The van der Waals surface area contributed by atoms with Crippen molar-refractivity contribution in [2.45, 2.75) is 6.18 Å². The van der Waals surface area contributed by atoms with Crippen molar-refractivity contribution in [3.05, 3.63) is 48.2 Å². The highest BCUT2D eigenvalue weighted by atomic mass is 19.4.